The third-order valence-corrected chi connectivity index (χ3v) is 3.14. The molecule has 0 bridgehead atoms. The predicted octanol–water partition coefficient (Wildman–Crippen LogP) is 3.79. The monoisotopic (exact) mass is 427 g/mol. The van der Waals surface area contributed by atoms with Gasteiger partial charge >= 0.3 is 18.1 Å². The molecule has 1 atom stereocenters. The van der Waals surface area contributed by atoms with Crippen LogP contribution in [0.25, 0.3) is 0 Å². The van der Waals surface area contributed by atoms with Gasteiger partial charge in [-0.05, 0) is 19.1 Å². The van der Waals surface area contributed by atoms with Crippen LogP contribution in [0, 0.1) is 0 Å². The van der Waals surface area contributed by atoms with Gasteiger partial charge in [-0.15, -0.1) is 12.4 Å². The van der Waals surface area contributed by atoms with Crippen LogP contribution >= 0.6 is 28.3 Å². The highest BCUT2D eigenvalue weighted by molar-refractivity contribution is 9.10. The fourth-order valence-corrected chi connectivity index (χ4v) is 2.10. The zero-order chi connectivity index (χ0) is 17.3. The molecule has 1 rings (SSSR count). The highest BCUT2D eigenvalue weighted by atomic mass is 79.9. The van der Waals surface area contributed by atoms with Crippen molar-refractivity contribution in [1.29, 1.82) is 0 Å². The molecule has 0 radical (unpaired) electrons. The molecule has 0 saturated carbocycles. The van der Waals surface area contributed by atoms with Crippen molar-refractivity contribution in [3.63, 3.8) is 0 Å². The van der Waals surface area contributed by atoms with Crippen LogP contribution in [0.1, 0.15) is 24.1 Å². The summed E-state index contributed by atoms with van der Waals surface area (Å²) in [6, 6.07) is -1.22. The molecule has 0 aliphatic carbocycles. The minimum Gasteiger partial charge on any atom is -0.507 e. The first-order valence-electron chi connectivity index (χ1n) is 5.83. The van der Waals surface area contributed by atoms with Gasteiger partial charge in [-0.25, -0.2) is 4.79 Å². The summed E-state index contributed by atoms with van der Waals surface area (Å²) >= 11 is 2.71. The predicted molar refractivity (Wildman–Crippen MR) is 76.6 cm³/mol. The van der Waals surface area contributed by atoms with E-state index in [0.717, 1.165) is 6.07 Å². The molecule has 0 fully saturated rings. The minimum atomic E-state index is -4.98. The van der Waals surface area contributed by atoms with Crippen LogP contribution < -0.4 is 5.73 Å². The van der Waals surface area contributed by atoms with Crippen LogP contribution in [-0.2, 0) is 15.7 Å². The van der Waals surface area contributed by atoms with Crippen LogP contribution in [0.15, 0.2) is 16.6 Å². The third kappa shape index (κ3) is 4.67. The molecular weight excluding hydrogens is 416 g/mol. The van der Waals surface area contributed by atoms with E-state index in [0.29, 0.717) is 6.07 Å². The molecule has 0 aromatic heterocycles. The average Bonchev–Trinajstić information content (AvgIpc) is 2.39. The molecule has 3 N–H and O–H groups in total. The van der Waals surface area contributed by atoms with Crippen molar-refractivity contribution in [1.82, 2.24) is 0 Å². The number of benzene rings is 1. The average molecular weight is 429 g/mol. The molecule has 0 unspecified atom stereocenters. The second-order valence-corrected chi connectivity index (χ2v) is 5.13. The number of aromatic hydroxyl groups is 1. The molecular formula is C12H12BrClF5NO3. The van der Waals surface area contributed by atoms with E-state index in [9.17, 15) is 31.9 Å². The number of halogens is 7. The van der Waals surface area contributed by atoms with Gasteiger partial charge in [-0.1, -0.05) is 15.9 Å². The van der Waals surface area contributed by atoms with Gasteiger partial charge in [0.1, 0.15) is 11.8 Å². The zero-order valence-corrected chi connectivity index (χ0v) is 13.9. The summed E-state index contributed by atoms with van der Waals surface area (Å²) < 4.78 is 69.8. The lowest BCUT2D eigenvalue weighted by Crippen LogP contribution is -2.41. The molecule has 23 heavy (non-hydrogen) atoms. The van der Waals surface area contributed by atoms with Gasteiger partial charge in [0.25, 0.3) is 0 Å². The van der Waals surface area contributed by atoms with E-state index in [4.69, 9.17) is 5.73 Å². The van der Waals surface area contributed by atoms with Crippen molar-refractivity contribution >= 4 is 34.3 Å². The van der Waals surface area contributed by atoms with Crippen LogP contribution in [0.5, 0.6) is 5.75 Å². The molecule has 0 amide bonds. The number of hydrogen-bond acceptors (Lipinski definition) is 4. The van der Waals surface area contributed by atoms with Gasteiger partial charge < -0.3 is 15.6 Å². The Labute approximate surface area is 142 Å². The lowest BCUT2D eigenvalue weighted by molar-refractivity contribution is -0.174. The SMILES string of the molecule is CCOC(=O)C(F)(F)[C@@H](N)c1cc(Br)cc(C(F)(F)F)c1O.Cl. The highest BCUT2D eigenvalue weighted by Gasteiger charge is 2.49. The maximum absolute atomic E-state index is 13.8. The Kier molecular flexibility index (Phi) is 7.25. The van der Waals surface area contributed by atoms with Crippen LogP contribution in [0.4, 0.5) is 22.0 Å². The summed E-state index contributed by atoms with van der Waals surface area (Å²) in [6.07, 6.45) is -4.98. The van der Waals surface area contributed by atoms with Gasteiger partial charge in [0, 0.05) is 10.0 Å². The molecule has 0 aliphatic rings. The number of esters is 1. The van der Waals surface area contributed by atoms with Crippen molar-refractivity contribution in [3.05, 3.63) is 27.7 Å². The number of phenolic OH excluding ortho intramolecular Hbond substituents is 1. The van der Waals surface area contributed by atoms with Gasteiger partial charge in [0.05, 0.1) is 12.2 Å². The number of carbonyl (C=O) groups is 1. The first-order chi connectivity index (χ1) is 9.92. The Morgan fingerprint density at radius 2 is 1.87 bits per heavy atom. The summed E-state index contributed by atoms with van der Waals surface area (Å²) in [5.74, 6) is -7.76. The van der Waals surface area contributed by atoms with Crippen molar-refractivity contribution in [3.8, 4) is 5.75 Å². The molecule has 0 saturated heterocycles. The molecule has 1 aromatic rings. The van der Waals surface area contributed by atoms with Crippen molar-refractivity contribution < 1.29 is 36.6 Å². The van der Waals surface area contributed by atoms with Gasteiger partial charge in [0.15, 0.2) is 0 Å². The van der Waals surface area contributed by atoms with E-state index < -0.39 is 41.0 Å². The second-order valence-electron chi connectivity index (χ2n) is 4.21. The maximum atomic E-state index is 13.8. The molecule has 1 aromatic carbocycles. The number of rotatable bonds is 4. The molecule has 4 nitrogen and oxygen atoms in total. The smallest absolute Gasteiger partial charge is 0.420 e. The fourth-order valence-electron chi connectivity index (χ4n) is 1.62. The Hall–Kier alpha value is -1.13. The van der Waals surface area contributed by atoms with E-state index >= 15 is 0 Å². The molecule has 132 valence electrons. The first kappa shape index (κ1) is 21.9. The lowest BCUT2D eigenvalue weighted by atomic mass is 9.97. The Morgan fingerprint density at radius 1 is 1.35 bits per heavy atom. The van der Waals surface area contributed by atoms with E-state index in [1.807, 2.05) is 0 Å². The number of nitrogens with two attached hydrogens (primary N) is 1. The summed E-state index contributed by atoms with van der Waals surface area (Å²) in [4.78, 5) is 11.2. The number of carbonyl (C=O) groups excluding carboxylic acids is 1. The molecule has 0 aliphatic heterocycles. The van der Waals surface area contributed by atoms with Crippen LogP contribution in [-0.4, -0.2) is 23.6 Å². The summed E-state index contributed by atoms with van der Waals surface area (Å²) in [5.41, 5.74) is 2.71. The summed E-state index contributed by atoms with van der Waals surface area (Å²) in [5, 5.41) is 9.59. The highest BCUT2D eigenvalue weighted by Crippen LogP contribution is 2.44. The first-order valence-corrected chi connectivity index (χ1v) is 6.62. The molecule has 0 spiro atoms. The number of phenols is 1. The van der Waals surface area contributed by atoms with Gasteiger partial charge in [-0.2, -0.15) is 22.0 Å². The van der Waals surface area contributed by atoms with E-state index in [-0.39, 0.29) is 23.5 Å². The molecule has 0 heterocycles. The van der Waals surface area contributed by atoms with E-state index in [1.54, 1.807) is 0 Å². The summed E-state index contributed by atoms with van der Waals surface area (Å²) in [6.45, 7) is 0.914. The van der Waals surface area contributed by atoms with Crippen molar-refractivity contribution in [2.75, 3.05) is 6.61 Å². The Bertz CT molecular complexity index is 583. The fraction of sp³-hybridized carbons (Fsp3) is 0.417. The topological polar surface area (TPSA) is 72.5 Å². The normalized spacial score (nSPS) is 13.2. The van der Waals surface area contributed by atoms with E-state index in [2.05, 4.69) is 20.7 Å². The third-order valence-electron chi connectivity index (χ3n) is 2.68. The second kappa shape index (κ2) is 7.63. The molecule has 11 heteroatoms. The standard InChI is InChI=1S/C12H11BrF5NO3.ClH/c1-2-22-10(21)11(14,15)9(19)6-3-5(13)4-7(8(6)20)12(16,17)18;/h3-4,9,20H,2,19H2,1H3;1H/t9-;/m0./s1. The quantitative estimate of drug-likeness (QED) is 0.565. The minimum absolute atomic E-state index is 0. The number of hydrogen-bond donors (Lipinski definition) is 2. The van der Waals surface area contributed by atoms with Crippen molar-refractivity contribution in [2.45, 2.75) is 25.1 Å². The van der Waals surface area contributed by atoms with E-state index in [1.165, 1.54) is 6.92 Å². The van der Waals surface area contributed by atoms with Crippen LogP contribution in [0.3, 0.4) is 0 Å². The Morgan fingerprint density at radius 3 is 2.30 bits per heavy atom. The number of ether oxygens (including phenoxy) is 1. The summed E-state index contributed by atoms with van der Waals surface area (Å²) in [7, 11) is 0. The largest absolute Gasteiger partial charge is 0.507 e. The zero-order valence-electron chi connectivity index (χ0n) is 11.5. The van der Waals surface area contributed by atoms with Crippen LogP contribution in [0.2, 0.25) is 0 Å². The Balaban J connectivity index is 0.00000484. The lowest BCUT2D eigenvalue weighted by Gasteiger charge is -2.24. The maximum Gasteiger partial charge on any atom is 0.420 e. The van der Waals surface area contributed by atoms with Gasteiger partial charge in [0.2, 0.25) is 0 Å². The van der Waals surface area contributed by atoms with Gasteiger partial charge in [-0.3, -0.25) is 0 Å². The number of alkyl halides is 5. The van der Waals surface area contributed by atoms with Crippen molar-refractivity contribution in [2.24, 2.45) is 5.73 Å².